The average molecular weight is 334 g/mol. The van der Waals surface area contributed by atoms with E-state index >= 15 is 0 Å². The number of hydrogen-bond acceptors (Lipinski definition) is 5. The molecule has 2 atom stereocenters. The van der Waals surface area contributed by atoms with E-state index in [1.807, 2.05) is 13.8 Å². The molecule has 0 radical (unpaired) electrons. The Morgan fingerprint density at radius 1 is 1.43 bits per heavy atom. The van der Waals surface area contributed by atoms with Gasteiger partial charge in [-0.3, -0.25) is 0 Å². The number of ether oxygens (including phenoxy) is 1. The van der Waals surface area contributed by atoms with Gasteiger partial charge in [-0.25, -0.2) is 8.42 Å². The summed E-state index contributed by atoms with van der Waals surface area (Å²) < 4.78 is 28.8. The molecule has 1 aromatic rings. The topological polar surface area (TPSA) is 75.6 Å². The quantitative estimate of drug-likeness (QED) is 0.851. The molecule has 5 nitrogen and oxygen atoms in total. The number of aliphatic hydroxyl groups excluding tert-OH is 1. The fourth-order valence-electron chi connectivity index (χ4n) is 2.19. The van der Waals surface area contributed by atoms with Gasteiger partial charge in [0, 0.05) is 23.2 Å². The summed E-state index contributed by atoms with van der Waals surface area (Å²) in [6, 6.07) is 5.47. The molecule has 2 N–H and O–H groups in total. The summed E-state index contributed by atoms with van der Waals surface area (Å²) in [5.41, 5.74) is 0.840. The van der Waals surface area contributed by atoms with Crippen LogP contribution < -0.4 is 10.1 Å². The van der Waals surface area contributed by atoms with E-state index in [0.717, 1.165) is 5.56 Å². The molecule has 7 heteroatoms. The average Bonchev–Trinajstić information content (AvgIpc) is 2.62. The second-order valence-corrected chi connectivity index (χ2v) is 8.18. The second-order valence-electron chi connectivity index (χ2n) is 5.59. The Morgan fingerprint density at radius 2 is 2.14 bits per heavy atom. The van der Waals surface area contributed by atoms with Crippen LogP contribution in [-0.2, 0) is 16.4 Å². The maximum atomic E-state index is 11.5. The van der Waals surface area contributed by atoms with E-state index in [0.29, 0.717) is 23.4 Å². The van der Waals surface area contributed by atoms with Crippen molar-refractivity contribution in [3.05, 3.63) is 28.8 Å². The molecule has 1 aliphatic heterocycles. The van der Waals surface area contributed by atoms with Crippen molar-refractivity contribution in [1.82, 2.24) is 5.32 Å². The van der Waals surface area contributed by atoms with Gasteiger partial charge in [-0.05, 0) is 18.2 Å². The zero-order chi connectivity index (χ0) is 15.6. The van der Waals surface area contributed by atoms with Crippen molar-refractivity contribution < 1.29 is 18.3 Å². The molecular weight excluding hydrogens is 314 g/mol. The molecule has 1 aliphatic rings. The Kier molecular flexibility index (Phi) is 5.14. The second kappa shape index (κ2) is 6.52. The lowest BCUT2D eigenvalue weighted by molar-refractivity contribution is 0.0730. The zero-order valence-corrected chi connectivity index (χ0v) is 13.6. The van der Waals surface area contributed by atoms with Gasteiger partial charge in [0.15, 0.2) is 9.84 Å². The number of sulfone groups is 1. The van der Waals surface area contributed by atoms with Gasteiger partial charge in [-0.15, -0.1) is 0 Å². The van der Waals surface area contributed by atoms with Crippen LogP contribution >= 0.6 is 11.6 Å². The molecule has 2 unspecified atom stereocenters. The molecule has 0 aromatic heterocycles. The highest BCUT2D eigenvalue weighted by Crippen LogP contribution is 2.26. The van der Waals surface area contributed by atoms with E-state index in [2.05, 4.69) is 5.32 Å². The van der Waals surface area contributed by atoms with Crippen LogP contribution in [0.1, 0.15) is 19.4 Å². The third-order valence-electron chi connectivity index (χ3n) is 3.27. The van der Waals surface area contributed by atoms with Gasteiger partial charge < -0.3 is 15.2 Å². The van der Waals surface area contributed by atoms with Gasteiger partial charge in [-0.2, -0.15) is 0 Å². The van der Waals surface area contributed by atoms with Crippen molar-refractivity contribution in [1.29, 1.82) is 0 Å². The van der Waals surface area contributed by atoms with Gasteiger partial charge >= 0.3 is 0 Å². The van der Waals surface area contributed by atoms with Crippen LogP contribution in [0.25, 0.3) is 0 Å². The normalized spacial score (nSPS) is 24.4. The van der Waals surface area contributed by atoms with Crippen LogP contribution in [0.2, 0.25) is 5.02 Å². The summed E-state index contributed by atoms with van der Waals surface area (Å²) in [6.45, 7) is 4.61. The minimum absolute atomic E-state index is 0.159. The Bertz CT molecular complexity index is 603. The predicted octanol–water partition coefficient (Wildman–Crippen LogP) is 1.37. The summed E-state index contributed by atoms with van der Waals surface area (Å²) in [7, 11) is -3.23. The molecule has 1 saturated heterocycles. The van der Waals surface area contributed by atoms with Crippen molar-refractivity contribution in [2.45, 2.75) is 38.6 Å². The minimum atomic E-state index is -3.23. The van der Waals surface area contributed by atoms with E-state index in [1.165, 1.54) is 0 Å². The molecule has 0 spiro atoms. The van der Waals surface area contributed by atoms with Crippen molar-refractivity contribution in [3.8, 4) is 5.75 Å². The van der Waals surface area contributed by atoms with E-state index < -0.39 is 22.0 Å². The highest BCUT2D eigenvalue weighted by Gasteiger charge is 2.38. The molecule has 0 bridgehead atoms. The first kappa shape index (κ1) is 16.5. The maximum Gasteiger partial charge on any atom is 0.156 e. The number of aliphatic hydroxyl groups is 1. The molecule has 21 heavy (non-hydrogen) atoms. The molecule has 0 amide bonds. The molecule has 1 fully saturated rings. The van der Waals surface area contributed by atoms with Crippen LogP contribution in [0.15, 0.2) is 18.2 Å². The first-order valence-electron chi connectivity index (χ1n) is 6.84. The van der Waals surface area contributed by atoms with Crippen molar-refractivity contribution in [2.75, 3.05) is 11.5 Å². The molecule has 1 heterocycles. The number of halogens is 1. The van der Waals surface area contributed by atoms with E-state index in [9.17, 15) is 13.5 Å². The third-order valence-corrected chi connectivity index (χ3v) is 5.19. The maximum absolute atomic E-state index is 11.5. The van der Waals surface area contributed by atoms with Crippen molar-refractivity contribution in [2.24, 2.45) is 0 Å². The summed E-state index contributed by atoms with van der Waals surface area (Å²) in [5.74, 6) is 0.146. The smallest absolute Gasteiger partial charge is 0.156 e. The zero-order valence-electron chi connectivity index (χ0n) is 12.0. The number of hydrogen-bond donors (Lipinski definition) is 2. The standard InChI is InChI=1S/C14H20ClNO4S/c1-9(2)16-6-10-5-11(15)3-4-13(10)20-14-8-21(18,19)7-12(14)17/h3-5,9,12,14,16-17H,6-8H2,1-2H3. The van der Waals surface area contributed by atoms with Crippen LogP contribution in [0, 0.1) is 0 Å². The van der Waals surface area contributed by atoms with E-state index in [-0.39, 0.29) is 11.5 Å². The third kappa shape index (κ3) is 4.57. The number of benzene rings is 1. The Hall–Kier alpha value is -0.820. The summed E-state index contributed by atoms with van der Waals surface area (Å²) in [6.07, 6.45) is -1.72. The number of nitrogens with one attached hydrogen (secondary N) is 1. The van der Waals surface area contributed by atoms with E-state index in [1.54, 1.807) is 18.2 Å². The Morgan fingerprint density at radius 3 is 2.71 bits per heavy atom. The largest absolute Gasteiger partial charge is 0.486 e. The van der Waals surface area contributed by atoms with Crippen LogP contribution in [0.4, 0.5) is 0 Å². The molecule has 118 valence electrons. The Labute approximate surface area is 130 Å². The molecule has 0 aliphatic carbocycles. The lowest BCUT2D eigenvalue weighted by Gasteiger charge is -2.19. The lowest BCUT2D eigenvalue weighted by atomic mass is 10.1. The molecule has 2 rings (SSSR count). The highest BCUT2D eigenvalue weighted by atomic mass is 35.5. The van der Waals surface area contributed by atoms with Crippen LogP contribution in [-0.4, -0.2) is 43.3 Å². The molecule has 0 saturated carbocycles. The van der Waals surface area contributed by atoms with Gasteiger partial charge in [0.25, 0.3) is 0 Å². The van der Waals surface area contributed by atoms with Crippen molar-refractivity contribution >= 4 is 21.4 Å². The van der Waals surface area contributed by atoms with Crippen LogP contribution in [0.3, 0.4) is 0 Å². The van der Waals surface area contributed by atoms with Crippen LogP contribution in [0.5, 0.6) is 5.75 Å². The summed E-state index contributed by atoms with van der Waals surface area (Å²) in [5, 5.41) is 13.7. The van der Waals surface area contributed by atoms with E-state index in [4.69, 9.17) is 16.3 Å². The molecular formula is C14H20ClNO4S. The first-order valence-corrected chi connectivity index (χ1v) is 9.04. The van der Waals surface area contributed by atoms with Gasteiger partial charge in [0.1, 0.15) is 18.0 Å². The van der Waals surface area contributed by atoms with Crippen molar-refractivity contribution in [3.63, 3.8) is 0 Å². The molecule has 1 aromatic carbocycles. The predicted molar refractivity (Wildman–Crippen MR) is 82.5 cm³/mol. The van der Waals surface area contributed by atoms with Gasteiger partial charge in [-0.1, -0.05) is 25.4 Å². The minimum Gasteiger partial charge on any atom is -0.486 e. The summed E-state index contributed by atoms with van der Waals surface area (Å²) >= 11 is 5.99. The van der Waals surface area contributed by atoms with Gasteiger partial charge in [0.2, 0.25) is 0 Å². The fourth-order valence-corrected chi connectivity index (χ4v) is 4.04. The summed E-state index contributed by atoms with van der Waals surface area (Å²) in [4.78, 5) is 0. The Balaban J connectivity index is 2.16. The van der Waals surface area contributed by atoms with Gasteiger partial charge in [0.05, 0.1) is 11.5 Å². The lowest BCUT2D eigenvalue weighted by Crippen LogP contribution is -2.30. The first-order chi connectivity index (χ1) is 9.77. The fraction of sp³-hybridized carbons (Fsp3) is 0.571. The SMILES string of the molecule is CC(C)NCc1cc(Cl)ccc1OC1CS(=O)(=O)CC1O. The highest BCUT2D eigenvalue weighted by molar-refractivity contribution is 7.91. The number of rotatable bonds is 5. The monoisotopic (exact) mass is 333 g/mol.